The molecule has 0 amide bonds. The van der Waals surface area contributed by atoms with Gasteiger partial charge in [0.2, 0.25) is 0 Å². The molecule has 2 heterocycles. The Bertz CT molecular complexity index is 1230. The molecule has 1 N–H and O–H groups in total. The fraction of sp³-hybridized carbons (Fsp3) is 0.400. The maximum atomic E-state index is 13.3. The van der Waals surface area contributed by atoms with Crippen LogP contribution in [-0.2, 0) is 23.8 Å². The number of benzene rings is 1. The number of ether oxygens (including phenoxy) is 3. The lowest BCUT2D eigenvalue weighted by Crippen LogP contribution is -2.45. The van der Waals surface area contributed by atoms with Gasteiger partial charge in [0.15, 0.2) is 0 Å². The van der Waals surface area contributed by atoms with Crippen molar-refractivity contribution in [3.63, 3.8) is 0 Å². The van der Waals surface area contributed by atoms with E-state index >= 15 is 0 Å². The minimum atomic E-state index is -1.02. The number of rotatable bonds is 11. The van der Waals surface area contributed by atoms with Crippen molar-refractivity contribution in [2.24, 2.45) is 0 Å². The van der Waals surface area contributed by atoms with Gasteiger partial charge in [-0.25, -0.2) is 4.79 Å². The summed E-state index contributed by atoms with van der Waals surface area (Å²) in [6, 6.07) is 7.95. The third-order valence-corrected chi connectivity index (χ3v) is 5.57. The number of nitrogens with zero attached hydrogens (tertiary/aromatic N) is 2. The average molecular weight is 501 g/mol. The van der Waals surface area contributed by atoms with Crippen molar-refractivity contribution in [3.05, 3.63) is 81.1 Å². The maximum Gasteiger partial charge on any atom is 0.340 e. The summed E-state index contributed by atoms with van der Waals surface area (Å²) < 4.78 is 18.6. The van der Waals surface area contributed by atoms with Gasteiger partial charge in [-0.15, -0.1) is 6.58 Å². The summed E-state index contributed by atoms with van der Waals surface area (Å²) in [5.74, 6) is -2.39. The Morgan fingerprint density at radius 3 is 2.58 bits per heavy atom. The smallest absolute Gasteiger partial charge is 0.340 e. The molecule has 3 atom stereocenters. The van der Waals surface area contributed by atoms with E-state index in [9.17, 15) is 24.0 Å². The number of aryl methyl sites for hydroxylation is 1. The Kier molecular flexibility index (Phi) is 9.09. The standard InChI is InChI=1S/C25H28N2O9/c1-3-12-34-15-19-18(36-22(30)11-7-10-21(28)29)13-20(35-19)26-14-16(2)23(31)27(25(26)33)24(32)17-8-5-4-6-9-17/h3-6,8-9,14,18-20H,1,7,10-13,15H2,2H3,(H,28,29)/t18-,19+,20+/m0/s1. The van der Waals surface area contributed by atoms with Crippen LogP contribution in [0.1, 0.15) is 47.8 Å². The molecule has 1 saturated heterocycles. The van der Waals surface area contributed by atoms with Crippen LogP contribution in [0.3, 0.4) is 0 Å². The van der Waals surface area contributed by atoms with Crippen molar-refractivity contribution in [1.82, 2.24) is 9.13 Å². The van der Waals surface area contributed by atoms with E-state index in [0.717, 1.165) is 4.57 Å². The van der Waals surface area contributed by atoms with Crippen molar-refractivity contribution in [2.45, 2.75) is 51.0 Å². The van der Waals surface area contributed by atoms with Crippen LogP contribution in [0, 0.1) is 6.92 Å². The maximum absolute atomic E-state index is 13.3. The monoisotopic (exact) mass is 500 g/mol. The first kappa shape index (κ1) is 26.8. The lowest BCUT2D eigenvalue weighted by molar-refractivity contribution is -0.154. The summed E-state index contributed by atoms with van der Waals surface area (Å²) in [5, 5.41) is 8.76. The molecule has 1 fully saturated rings. The molecule has 1 aliphatic heterocycles. The highest BCUT2D eigenvalue weighted by Crippen LogP contribution is 2.30. The fourth-order valence-electron chi connectivity index (χ4n) is 3.82. The summed E-state index contributed by atoms with van der Waals surface area (Å²) >= 11 is 0. The van der Waals surface area contributed by atoms with Crippen LogP contribution in [0.2, 0.25) is 0 Å². The third kappa shape index (κ3) is 6.43. The minimum absolute atomic E-state index is 0.0336. The van der Waals surface area contributed by atoms with Crippen LogP contribution >= 0.6 is 0 Å². The number of carboxylic acids is 1. The van der Waals surface area contributed by atoms with E-state index in [4.69, 9.17) is 19.3 Å². The van der Waals surface area contributed by atoms with Crippen molar-refractivity contribution in [2.75, 3.05) is 13.2 Å². The highest BCUT2D eigenvalue weighted by atomic mass is 16.6. The highest BCUT2D eigenvalue weighted by molar-refractivity contribution is 5.95. The molecule has 192 valence electrons. The van der Waals surface area contributed by atoms with Crippen LogP contribution in [0.5, 0.6) is 0 Å². The van der Waals surface area contributed by atoms with E-state index in [1.807, 2.05) is 0 Å². The molecular weight excluding hydrogens is 472 g/mol. The van der Waals surface area contributed by atoms with Crippen LogP contribution in [0.15, 0.2) is 58.8 Å². The van der Waals surface area contributed by atoms with E-state index in [1.165, 1.54) is 31.3 Å². The van der Waals surface area contributed by atoms with E-state index in [1.54, 1.807) is 18.2 Å². The Morgan fingerprint density at radius 2 is 1.92 bits per heavy atom. The first-order valence-electron chi connectivity index (χ1n) is 11.4. The van der Waals surface area contributed by atoms with Crippen LogP contribution in [0.4, 0.5) is 0 Å². The van der Waals surface area contributed by atoms with E-state index in [-0.39, 0.29) is 50.0 Å². The second kappa shape index (κ2) is 12.2. The fourth-order valence-corrected chi connectivity index (χ4v) is 3.82. The second-order valence-corrected chi connectivity index (χ2v) is 8.28. The van der Waals surface area contributed by atoms with Crippen LogP contribution in [0.25, 0.3) is 0 Å². The van der Waals surface area contributed by atoms with E-state index in [0.29, 0.717) is 4.57 Å². The molecular formula is C25H28N2O9. The zero-order chi connectivity index (χ0) is 26.2. The number of aromatic nitrogens is 2. The highest BCUT2D eigenvalue weighted by Gasteiger charge is 2.40. The van der Waals surface area contributed by atoms with Crippen LogP contribution in [-0.4, -0.2) is 57.5 Å². The normalized spacial score (nSPS) is 19.1. The molecule has 1 aliphatic rings. The number of hydrogen-bond acceptors (Lipinski definition) is 8. The van der Waals surface area contributed by atoms with Gasteiger partial charge in [-0.2, -0.15) is 4.57 Å². The number of carbonyl (C=O) groups is 3. The molecule has 1 aromatic carbocycles. The Labute approximate surface area is 206 Å². The molecule has 11 heteroatoms. The molecule has 0 unspecified atom stereocenters. The lowest BCUT2D eigenvalue weighted by atomic mass is 10.1. The third-order valence-electron chi connectivity index (χ3n) is 5.57. The van der Waals surface area contributed by atoms with Crippen molar-refractivity contribution in [1.29, 1.82) is 0 Å². The molecule has 0 saturated carbocycles. The first-order chi connectivity index (χ1) is 17.2. The molecule has 0 spiro atoms. The predicted octanol–water partition coefficient (Wildman–Crippen LogP) is 1.66. The summed E-state index contributed by atoms with van der Waals surface area (Å²) in [4.78, 5) is 61.9. The van der Waals surface area contributed by atoms with Gasteiger partial charge in [0.05, 0.1) is 13.2 Å². The van der Waals surface area contributed by atoms with Crippen molar-refractivity contribution in [3.8, 4) is 0 Å². The minimum Gasteiger partial charge on any atom is -0.481 e. The molecule has 11 nitrogen and oxygen atoms in total. The summed E-state index contributed by atoms with van der Waals surface area (Å²) in [7, 11) is 0. The SMILES string of the molecule is C=CCOC[C@H]1O[C@@H](n2cc(C)c(=O)n(C(=O)c3ccccc3)c2=O)C[C@@H]1OC(=O)CCCC(=O)O. The number of carbonyl (C=O) groups excluding carboxylic acids is 2. The van der Waals surface area contributed by atoms with Crippen molar-refractivity contribution >= 4 is 17.8 Å². The Hall–Kier alpha value is -3.83. The van der Waals surface area contributed by atoms with Crippen LogP contribution < -0.4 is 11.2 Å². The van der Waals surface area contributed by atoms with E-state index < -0.39 is 47.5 Å². The lowest BCUT2D eigenvalue weighted by Gasteiger charge is -2.19. The zero-order valence-corrected chi connectivity index (χ0v) is 19.8. The quantitative estimate of drug-likeness (QED) is 0.277. The summed E-state index contributed by atoms with van der Waals surface area (Å²) in [6.07, 6.45) is 0.282. The number of carboxylic acid groups (broad SMARTS) is 1. The van der Waals surface area contributed by atoms with Crippen molar-refractivity contribution < 1.29 is 33.7 Å². The number of hydrogen-bond donors (Lipinski definition) is 1. The molecule has 3 rings (SSSR count). The molecule has 2 aromatic rings. The first-order valence-corrected chi connectivity index (χ1v) is 11.4. The predicted molar refractivity (Wildman–Crippen MR) is 127 cm³/mol. The van der Waals surface area contributed by atoms with Gasteiger partial charge in [-0.1, -0.05) is 24.3 Å². The van der Waals surface area contributed by atoms with Gasteiger partial charge >= 0.3 is 17.6 Å². The van der Waals surface area contributed by atoms with E-state index in [2.05, 4.69) is 6.58 Å². The Morgan fingerprint density at radius 1 is 1.19 bits per heavy atom. The molecule has 0 aliphatic carbocycles. The molecule has 0 radical (unpaired) electrons. The summed E-state index contributed by atoms with van der Waals surface area (Å²) in [6.45, 7) is 5.31. The average Bonchev–Trinajstić information content (AvgIpc) is 3.23. The van der Waals surface area contributed by atoms with Gasteiger partial charge in [0, 0.05) is 36.6 Å². The van der Waals surface area contributed by atoms with Gasteiger partial charge < -0.3 is 19.3 Å². The summed E-state index contributed by atoms with van der Waals surface area (Å²) in [5.41, 5.74) is -1.31. The topological polar surface area (TPSA) is 143 Å². The number of aliphatic carboxylic acids is 1. The van der Waals surface area contributed by atoms with Gasteiger partial charge in [-0.05, 0) is 25.5 Å². The van der Waals surface area contributed by atoms with Gasteiger partial charge in [0.1, 0.15) is 18.4 Å². The molecule has 0 bridgehead atoms. The Balaban J connectivity index is 1.87. The second-order valence-electron chi connectivity index (χ2n) is 8.28. The number of esters is 1. The zero-order valence-electron chi connectivity index (χ0n) is 19.8. The van der Waals surface area contributed by atoms with Gasteiger partial charge in [0.25, 0.3) is 11.5 Å². The molecule has 1 aromatic heterocycles. The van der Waals surface area contributed by atoms with Gasteiger partial charge in [-0.3, -0.25) is 23.7 Å². The molecule has 36 heavy (non-hydrogen) atoms. The largest absolute Gasteiger partial charge is 0.481 e.